The number of fused-ring (bicyclic) bond motifs is 1. The monoisotopic (exact) mass is 327 g/mol. The number of hydrogen-bond acceptors (Lipinski definition) is 3. The Balaban J connectivity index is 1.64. The van der Waals surface area contributed by atoms with Crippen LogP contribution in [0.2, 0.25) is 0 Å². The molecule has 1 aromatic heterocycles. The molecule has 0 aliphatic carbocycles. The molecule has 2 aromatic rings. The van der Waals surface area contributed by atoms with E-state index in [1.165, 1.54) is 22.2 Å². The minimum Gasteiger partial charge on any atom is -0.396 e. The first-order valence-corrected chi connectivity index (χ1v) is 8.93. The number of nitrogens with zero attached hydrogens (tertiary/aromatic N) is 2. The molecule has 130 valence electrons. The van der Waals surface area contributed by atoms with Gasteiger partial charge in [-0.05, 0) is 37.8 Å². The van der Waals surface area contributed by atoms with Crippen molar-refractivity contribution in [2.75, 3.05) is 32.8 Å². The predicted molar refractivity (Wildman–Crippen MR) is 100 cm³/mol. The van der Waals surface area contributed by atoms with Crippen LogP contribution in [0.1, 0.15) is 26.0 Å². The second kappa shape index (κ2) is 7.97. The lowest BCUT2D eigenvalue weighted by atomic mass is 10.1. The van der Waals surface area contributed by atoms with Gasteiger partial charge in [-0.3, -0.25) is 9.80 Å². The second-order valence-corrected chi connectivity index (χ2v) is 7.06. The molecule has 1 aliphatic heterocycles. The number of allylic oxidation sites excluding steroid dienone is 1. The molecule has 2 N–H and O–H groups in total. The van der Waals surface area contributed by atoms with Crippen molar-refractivity contribution in [3.63, 3.8) is 0 Å². The molecule has 3 rings (SSSR count). The van der Waals surface area contributed by atoms with Crippen LogP contribution in [0.3, 0.4) is 0 Å². The number of para-hydroxylation sites is 1. The lowest BCUT2D eigenvalue weighted by molar-refractivity contribution is 0.0631. The Bertz CT molecular complexity index is 654. The molecule has 1 saturated heterocycles. The van der Waals surface area contributed by atoms with E-state index in [2.05, 4.69) is 65.0 Å². The van der Waals surface area contributed by atoms with Gasteiger partial charge in [0.1, 0.15) is 0 Å². The van der Waals surface area contributed by atoms with Crippen molar-refractivity contribution in [1.82, 2.24) is 14.8 Å². The molecule has 24 heavy (non-hydrogen) atoms. The topological polar surface area (TPSA) is 42.5 Å². The number of aliphatic hydroxyl groups is 1. The maximum absolute atomic E-state index is 9.42. The van der Waals surface area contributed by atoms with Crippen LogP contribution in [-0.2, 0) is 6.54 Å². The minimum absolute atomic E-state index is 0.260. The summed E-state index contributed by atoms with van der Waals surface area (Å²) in [6.45, 7) is 9.66. The molecule has 1 aromatic carbocycles. The van der Waals surface area contributed by atoms with Crippen LogP contribution < -0.4 is 0 Å². The van der Waals surface area contributed by atoms with Gasteiger partial charge in [-0.25, -0.2) is 0 Å². The van der Waals surface area contributed by atoms with Crippen LogP contribution in [-0.4, -0.2) is 58.7 Å². The van der Waals surface area contributed by atoms with Gasteiger partial charge in [0.15, 0.2) is 0 Å². The van der Waals surface area contributed by atoms with Crippen molar-refractivity contribution in [2.45, 2.75) is 32.9 Å². The molecule has 0 saturated carbocycles. The van der Waals surface area contributed by atoms with Gasteiger partial charge >= 0.3 is 0 Å². The third-order valence-electron chi connectivity index (χ3n) is 4.86. The Hall–Kier alpha value is -1.62. The lowest BCUT2D eigenvalue weighted by Crippen LogP contribution is -2.53. The lowest BCUT2D eigenvalue weighted by Gasteiger charge is -2.41. The highest BCUT2D eigenvalue weighted by atomic mass is 16.3. The summed E-state index contributed by atoms with van der Waals surface area (Å²) in [7, 11) is 0. The van der Waals surface area contributed by atoms with Gasteiger partial charge in [0.25, 0.3) is 0 Å². The van der Waals surface area contributed by atoms with Gasteiger partial charge in [0, 0.05) is 56.6 Å². The average molecular weight is 327 g/mol. The largest absolute Gasteiger partial charge is 0.396 e. The Kier molecular flexibility index (Phi) is 5.72. The third kappa shape index (κ3) is 4.26. The Morgan fingerprint density at radius 3 is 2.88 bits per heavy atom. The first-order valence-electron chi connectivity index (χ1n) is 8.93. The van der Waals surface area contributed by atoms with Crippen LogP contribution in [0.5, 0.6) is 0 Å². The Morgan fingerprint density at radius 2 is 2.12 bits per heavy atom. The number of hydrogen-bond donors (Lipinski definition) is 2. The van der Waals surface area contributed by atoms with E-state index >= 15 is 0 Å². The fourth-order valence-electron chi connectivity index (χ4n) is 3.52. The summed E-state index contributed by atoms with van der Waals surface area (Å²) in [6.07, 6.45) is 3.14. The highest BCUT2D eigenvalue weighted by molar-refractivity contribution is 5.80. The summed E-state index contributed by atoms with van der Waals surface area (Å²) in [6, 6.07) is 11.1. The van der Waals surface area contributed by atoms with E-state index in [-0.39, 0.29) is 6.61 Å². The third-order valence-corrected chi connectivity index (χ3v) is 4.86. The summed E-state index contributed by atoms with van der Waals surface area (Å²) in [5.41, 5.74) is 3.84. The van der Waals surface area contributed by atoms with E-state index in [1.54, 1.807) is 0 Å². The van der Waals surface area contributed by atoms with Crippen molar-refractivity contribution in [3.8, 4) is 0 Å². The molecule has 1 aliphatic rings. The number of nitrogens with one attached hydrogen (secondary N) is 1. The molecule has 0 bridgehead atoms. The molecule has 0 radical (unpaired) electrons. The molecule has 0 amide bonds. The van der Waals surface area contributed by atoms with E-state index in [0.717, 1.165) is 39.1 Å². The number of aromatic nitrogens is 1. The number of aromatic amines is 1. The molecule has 2 heterocycles. The maximum atomic E-state index is 9.42. The van der Waals surface area contributed by atoms with E-state index in [1.807, 2.05) is 0 Å². The molecule has 4 heteroatoms. The zero-order valence-electron chi connectivity index (χ0n) is 14.8. The maximum Gasteiger partial charge on any atom is 0.0456 e. The quantitative estimate of drug-likeness (QED) is 0.802. The summed E-state index contributed by atoms with van der Waals surface area (Å²) < 4.78 is 0. The highest BCUT2D eigenvalue weighted by Gasteiger charge is 2.26. The first kappa shape index (κ1) is 17.2. The highest BCUT2D eigenvalue weighted by Crippen LogP contribution is 2.19. The molecule has 1 atom stereocenters. The van der Waals surface area contributed by atoms with E-state index < -0.39 is 0 Å². The zero-order chi connectivity index (χ0) is 16.9. The number of aliphatic hydroxyl groups excluding tert-OH is 1. The van der Waals surface area contributed by atoms with Crippen molar-refractivity contribution < 1.29 is 5.11 Å². The van der Waals surface area contributed by atoms with Gasteiger partial charge in [-0.15, -0.1) is 0 Å². The zero-order valence-corrected chi connectivity index (χ0v) is 14.8. The fraction of sp³-hybridized carbons (Fsp3) is 0.500. The molecule has 1 fully saturated rings. The van der Waals surface area contributed by atoms with Crippen LogP contribution in [0, 0.1) is 0 Å². The van der Waals surface area contributed by atoms with Crippen LogP contribution >= 0.6 is 0 Å². The van der Waals surface area contributed by atoms with Gasteiger partial charge < -0.3 is 10.1 Å². The van der Waals surface area contributed by atoms with Gasteiger partial charge in [0.2, 0.25) is 0 Å². The number of piperazine rings is 1. The summed E-state index contributed by atoms with van der Waals surface area (Å²) >= 11 is 0. The fourth-order valence-corrected chi connectivity index (χ4v) is 3.52. The molecule has 4 nitrogen and oxygen atoms in total. The van der Waals surface area contributed by atoms with Crippen molar-refractivity contribution in [3.05, 3.63) is 47.7 Å². The van der Waals surface area contributed by atoms with Crippen molar-refractivity contribution >= 4 is 10.9 Å². The summed E-state index contributed by atoms with van der Waals surface area (Å²) in [4.78, 5) is 8.54. The molecular formula is C20H29N3O. The molecular weight excluding hydrogens is 298 g/mol. The van der Waals surface area contributed by atoms with Crippen molar-refractivity contribution in [2.24, 2.45) is 0 Å². The number of benzene rings is 1. The van der Waals surface area contributed by atoms with Crippen LogP contribution in [0.25, 0.3) is 10.9 Å². The van der Waals surface area contributed by atoms with Crippen LogP contribution in [0.4, 0.5) is 0 Å². The van der Waals surface area contributed by atoms with Gasteiger partial charge in [-0.2, -0.15) is 0 Å². The number of rotatable bonds is 6. The SMILES string of the molecule is CC(C)=CCN1CCN(Cc2cc3ccccc3[nH]2)C[C@H]1CCO. The average Bonchev–Trinajstić information content (AvgIpc) is 2.96. The number of H-pyrrole nitrogens is 1. The Morgan fingerprint density at radius 1 is 1.29 bits per heavy atom. The normalized spacial score (nSPS) is 19.7. The molecule has 0 spiro atoms. The van der Waals surface area contributed by atoms with Crippen molar-refractivity contribution in [1.29, 1.82) is 0 Å². The summed E-state index contributed by atoms with van der Waals surface area (Å²) in [5, 5.41) is 10.7. The van der Waals surface area contributed by atoms with E-state index in [0.29, 0.717) is 6.04 Å². The second-order valence-electron chi connectivity index (χ2n) is 7.06. The Labute approximate surface area is 144 Å². The first-order chi connectivity index (χ1) is 11.7. The summed E-state index contributed by atoms with van der Waals surface area (Å²) in [5.74, 6) is 0. The smallest absolute Gasteiger partial charge is 0.0456 e. The van der Waals surface area contributed by atoms with Crippen LogP contribution in [0.15, 0.2) is 42.0 Å². The minimum atomic E-state index is 0.260. The molecule has 0 unspecified atom stereocenters. The standard InChI is InChI=1S/C20H29N3O/c1-16(2)7-9-23-11-10-22(15-19(23)8-12-24)14-18-13-17-5-3-4-6-20(17)21-18/h3-7,13,19,21,24H,8-12,14-15H2,1-2H3/t19-/m1/s1. The predicted octanol–water partition coefficient (Wildman–Crippen LogP) is 3.00. The van der Waals surface area contributed by atoms with E-state index in [4.69, 9.17) is 0 Å². The van der Waals surface area contributed by atoms with Gasteiger partial charge in [-0.1, -0.05) is 29.8 Å². The van der Waals surface area contributed by atoms with E-state index in [9.17, 15) is 5.11 Å². The van der Waals surface area contributed by atoms with Gasteiger partial charge in [0.05, 0.1) is 0 Å².